The summed E-state index contributed by atoms with van der Waals surface area (Å²) in [6.45, 7) is 6.30. The lowest BCUT2D eigenvalue weighted by molar-refractivity contribution is -0.137. The van der Waals surface area contributed by atoms with E-state index in [1.165, 1.54) is 0 Å². The first kappa shape index (κ1) is 18.7. The van der Waals surface area contributed by atoms with Crippen molar-refractivity contribution in [2.24, 2.45) is 0 Å². The van der Waals surface area contributed by atoms with Gasteiger partial charge in [-0.1, -0.05) is 18.2 Å². The number of fused-ring (bicyclic) bond motifs is 2. The summed E-state index contributed by atoms with van der Waals surface area (Å²) in [6.07, 6.45) is 0.854. The number of benzene rings is 1. The molecule has 0 aromatic heterocycles. The monoisotopic (exact) mass is 358 g/mol. The van der Waals surface area contributed by atoms with E-state index in [2.05, 4.69) is 6.07 Å². The Balaban J connectivity index is 1.78. The molecule has 26 heavy (non-hydrogen) atoms. The summed E-state index contributed by atoms with van der Waals surface area (Å²) in [5.74, 6) is 0. The van der Waals surface area contributed by atoms with Crippen molar-refractivity contribution in [2.75, 3.05) is 13.2 Å². The molecule has 6 heteroatoms. The van der Waals surface area contributed by atoms with Gasteiger partial charge in [-0.25, -0.2) is 4.79 Å². The number of morpholine rings is 1. The van der Waals surface area contributed by atoms with Crippen molar-refractivity contribution < 1.29 is 19.4 Å². The van der Waals surface area contributed by atoms with Gasteiger partial charge >= 0.3 is 6.09 Å². The van der Waals surface area contributed by atoms with Crippen LogP contribution in [0, 0.1) is 11.3 Å². The average molecular weight is 358 g/mol. The van der Waals surface area contributed by atoms with Gasteiger partial charge in [0.05, 0.1) is 42.5 Å². The Morgan fingerprint density at radius 2 is 1.96 bits per heavy atom. The Hall–Kier alpha value is -2.10. The van der Waals surface area contributed by atoms with Gasteiger partial charge < -0.3 is 14.6 Å². The van der Waals surface area contributed by atoms with Gasteiger partial charge in [0.2, 0.25) is 0 Å². The largest absolute Gasteiger partial charge is 0.444 e. The molecule has 0 radical (unpaired) electrons. The number of amides is 1. The Morgan fingerprint density at radius 3 is 2.54 bits per heavy atom. The molecule has 1 aromatic carbocycles. The first-order valence-electron chi connectivity index (χ1n) is 9.00. The zero-order valence-electron chi connectivity index (χ0n) is 15.6. The highest BCUT2D eigenvalue weighted by molar-refractivity contribution is 5.69. The molecule has 2 aliphatic rings. The first-order chi connectivity index (χ1) is 12.2. The van der Waals surface area contributed by atoms with E-state index in [0.717, 1.165) is 5.56 Å². The number of hydrogen-bond donors (Lipinski definition) is 1. The van der Waals surface area contributed by atoms with Crippen LogP contribution in [0.1, 0.15) is 44.7 Å². The van der Waals surface area contributed by atoms with Crippen LogP contribution in [-0.4, -0.2) is 52.6 Å². The second-order valence-corrected chi connectivity index (χ2v) is 8.31. The molecule has 0 aliphatic carbocycles. The lowest BCUT2D eigenvalue weighted by Gasteiger charge is -2.51. The van der Waals surface area contributed by atoms with Crippen LogP contribution in [0.15, 0.2) is 24.3 Å². The van der Waals surface area contributed by atoms with Crippen molar-refractivity contribution in [3.05, 3.63) is 35.4 Å². The zero-order valence-corrected chi connectivity index (χ0v) is 15.6. The standard InChI is InChI=1S/C20H26N2O4/c1-19(2,3)26-18(23)22-16-9-20(24,10-17(22)13-25-12-16)8-14-6-4-5-7-15(14)11-21/h4-7,16-17,24H,8-10,12-13H2,1-3H3. The van der Waals surface area contributed by atoms with Crippen molar-refractivity contribution >= 4 is 6.09 Å². The van der Waals surface area contributed by atoms with Gasteiger partial charge in [-0.15, -0.1) is 0 Å². The third-order valence-electron chi connectivity index (χ3n) is 4.90. The average Bonchev–Trinajstić information content (AvgIpc) is 2.52. The fourth-order valence-electron chi connectivity index (χ4n) is 3.97. The SMILES string of the molecule is CC(C)(C)OC(=O)N1C2COCC1CC(O)(Cc1ccccc1C#N)C2. The van der Waals surface area contributed by atoms with E-state index in [9.17, 15) is 15.2 Å². The number of piperidine rings is 1. The molecule has 2 saturated heterocycles. The summed E-state index contributed by atoms with van der Waals surface area (Å²) in [5.41, 5.74) is -0.116. The molecule has 6 nitrogen and oxygen atoms in total. The van der Waals surface area contributed by atoms with Gasteiger partial charge in [0.15, 0.2) is 0 Å². The highest BCUT2D eigenvalue weighted by atomic mass is 16.6. The summed E-state index contributed by atoms with van der Waals surface area (Å²) in [5, 5.41) is 20.5. The molecule has 2 unspecified atom stereocenters. The quantitative estimate of drug-likeness (QED) is 0.879. The third-order valence-corrected chi connectivity index (χ3v) is 4.90. The molecular weight excluding hydrogens is 332 g/mol. The van der Waals surface area contributed by atoms with Crippen LogP contribution in [0.4, 0.5) is 4.79 Å². The van der Waals surface area contributed by atoms with Gasteiger partial charge in [-0.3, -0.25) is 4.90 Å². The van der Waals surface area contributed by atoms with E-state index >= 15 is 0 Å². The Bertz CT molecular complexity index is 705. The Morgan fingerprint density at radius 1 is 1.35 bits per heavy atom. The van der Waals surface area contributed by atoms with Crippen molar-refractivity contribution in [3.63, 3.8) is 0 Å². The molecule has 2 fully saturated rings. The number of nitrogens with zero attached hydrogens (tertiary/aromatic N) is 2. The fourth-order valence-corrected chi connectivity index (χ4v) is 3.97. The maximum Gasteiger partial charge on any atom is 0.410 e. The molecule has 0 saturated carbocycles. The van der Waals surface area contributed by atoms with Crippen LogP contribution in [0.3, 0.4) is 0 Å². The van der Waals surface area contributed by atoms with Crippen LogP contribution in [0.2, 0.25) is 0 Å². The van der Waals surface area contributed by atoms with Gasteiger partial charge in [0, 0.05) is 6.42 Å². The summed E-state index contributed by atoms with van der Waals surface area (Å²) in [4.78, 5) is 14.4. The number of ether oxygens (including phenoxy) is 2. The van der Waals surface area contributed by atoms with Crippen LogP contribution in [-0.2, 0) is 15.9 Å². The second kappa shape index (κ2) is 6.90. The summed E-state index contributed by atoms with van der Waals surface area (Å²) < 4.78 is 11.2. The minimum absolute atomic E-state index is 0.225. The number of hydrogen-bond acceptors (Lipinski definition) is 5. The Labute approximate surface area is 154 Å². The summed E-state index contributed by atoms with van der Waals surface area (Å²) in [6, 6.07) is 9.07. The lowest BCUT2D eigenvalue weighted by atomic mass is 9.77. The van der Waals surface area contributed by atoms with Crippen molar-refractivity contribution in [3.8, 4) is 6.07 Å². The van der Waals surface area contributed by atoms with Crippen molar-refractivity contribution in [1.29, 1.82) is 5.26 Å². The number of nitriles is 1. The number of carbonyl (C=O) groups is 1. The smallest absolute Gasteiger partial charge is 0.410 e. The van der Waals surface area contributed by atoms with Crippen LogP contribution < -0.4 is 0 Å². The highest BCUT2D eigenvalue weighted by Crippen LogP contribution is 2.37. The molecule has 2 bridgehead atoms. The summed E-state index contributed by atoms with van der Waals surface area (Å²) in [7, 11) is 0. The molecule has 140 valence electrons. The lowest BCUT2D eigenvalue weighted by Crippen LogP contribution is -2.64. The van der Waals surface area contributed by atoms with Gasteiger partial charge in [0.25, 0.3) is 0 Å². The number of rotatable bonds is 2. The predicted octanol–water partition coefficient (Wildman–Crippen LogP) is 2.63. The molecular formula is C20H26N2O4. The molecule has 3 rings (SSSR count). The van der Waals surface area contributed by atoms with Crippen molar-refractivity contribution in [1.82, 2.24) is 4.90 Å². The normalized spacial score (nSPS) is 28.3. The molecule has 1 N–H and O–H groups in total. The van der Waals surface area contributed by atoms with Gasteiger partial charge in [-0.05, 0) is 45.2 Å². The number of carbonyl (C=O) groups excluding carboxylic acids is 1. The van der Waals surface area contributed by atoms with E-state index in [-0.39, 0.29) is 18.2 Å². The Kier molecular flexibility index (Phi) is 4.96. The highest BCUT2D eigenvalue weighted by Gasteiger charge is 2.49. The molecule has 0 spiro atoms. The molecule has 2 atom stereocenters. The van der Waals surface area contributed by atoms with Crippen LogP contribution in [0.5, 0.6) is 0 Å². The van der Waals surface area contributed by atoms with Crippen molar-refractivity contribution in [2.45, 2.75) is 63.3 Å². The van der Waals surface area contributed by atoms with E-state index in [0.29, 0.717) is 38.0 Å². The zero-order chi connectivity index (χ0) is 18.9. The number of aliphatic hydroxyl groups is 1. The van der Waals surface area contributed by atoms with E-state index in [1.54, 1.807) is 11.0 Å². The molecule has 1 amide bonds. The predicted molar refractivity (Wildman–Crippen MR) is 95.5 cm³/mol. The summed E-state index contributed by atoms with van der Waals surface area (Å²) >= 11 is 0. The van der Waals surface area contributed by atoms with Crippen LogP contribution in [0.25, 0.3) is 0 Å². The third kappa shape index (κ3) is 4.00. The van der Waals surface area contributed by atoms with E-state index in [1.807, 2.05) is 39.0 Å². The van der Waals surface area contributed by atoms with Crippen LogP contribution >= 0.6 is 0 Å². The fraction of sp³-hybridized carbons (Fsp3) is 0.600. The topological polar surface area (TPSA) is 82.8 Å². The van der Waals surface area contributed by atoms with E-state index in [4.69, 9.17) is 9.47 Å². The minimum Gasteiger partial charge on any atom is -0.444 e. The second-order valence-electron chi connectivity index (χ2n) is 8.31. The maximum atomic E-state index is 12.6. The maximum absolute atomic E-state index is 12.6. The molecule has 2 aliphatic heterocycles. The minimum atomic E-state index is -0.968. The van der Waals surface area contributed by atoms with Gasteiger partial charge in [0.1, 0.15) is 5.60 Å². The first-order valence-corrected chi connectivity index (χ1v) is 9.00. The van der Waals surface area contributed by atoms with E-state index < -0.39 is 11.2 Å². The van der Waals surface area contributed by atoms with Gasteiger partial charge in [-0.2, -0.15) is 5.26 Å². The molecule has 1 aromatic rings. The molecule has 2 heterocycles.